The minimum absolute atomic E-state index is 0.109. The van der Waals surface area contributed by atoms with Crippen molar-refractivity contribution in [3.8, 4) is 0 Å². The monoisotopic (exact) mass is 249 g/mol. The molecule has 0 N–H and O–H groups in total. The normalized spacial score (nSPS) is 36.5. The van der Waals surface area contributed by atoms with Crippen LogP contribution < -0.4 is 0 Å². The van der Waals surface area contributed by atoms with Crippen LogP contribution in [0.4, 0.5) is 0 Å². The first-order valence-corrected chi connectivity index (χ1v) is 7.27. The van der Waals surface area contributed by atoms with Crippen LogP contribution in [0.25, 0.3) is 0 Å². The lowest BCUT2D eigenvalue weighted by Gasteiger charge is -2.47. The number of nitrogens with zero attached hydrogens (tertiary/aromatic N) is 1. The van der Waals surface area contributed by atoms with Crippen LogP contribution in [0.3, 0.4) is 0 Å². The summed E-state index contributed by atoms with van der Waals surface area (Å²) in [5.41, 5.74) is 0.371. The van der Waals surface area contributed by atoms with E-state index in [4.69, 9.17) is 4.74 Å². The standard InChI is InChI=1S/C15H23NO2/c1-3-6-13-15(7-5-8-15)11-9-18-10-12(11)16(13)14(17)4-2/h4,11-13H,2-3,5-10H2,1H3. The second-order valence-electron chi connectivity index (χ2n) is 6.05. The third kappa shape index (κ3) is 1.43. The van der Waals surface area contributed by atoms with E-state index in [-0.39, 0.29) is 5.91 Å². The molecule has 0 aromatic rings. The molecule has 0 radical (unpaired) electrons. The molecule has 1 saturated carbocycles. The number of likely N-dealkylation sites (tertiary alicyclic amines) is 1. The lowest BCUT2D eigenvalue weighted by atomic mass is 9.58. The molecule has 1 amide bonds. The zero-order chi connectivity index (χ0) is 12.8. The van der Waals surface area contributed by atoms with Gasteiger partial charge in [0.1, 0.15) is 0 Å². The van der Waals surface area contributed by atoms with Gasteiger partial charge in [0.05, 0.1) is 19.3 Å². The number of fused-ring (bicyclic) bond motifs is 2. The van der Waals surface area contributed by atoms with E-state index in [9.17, 15) is 4.79 Å². The van der Waals surface area contributed by atoms with Crippen LogP contribution in [0.5, 0.6) is 0 Å². The molecular weight excluding hydrogens is 226 g/mol. The molecule has 2 aliphatic heterocycles. The Labute approximate surface area is 109 Å². The van der Waals surface area contributed by atoms with Gasteiger partial charge in [-0.2, -0.15) is 0 Å². The van der Waals surface area contributed by atoms with E-state index in [2.05, 4.69) is 18.4 Å². The van der Waals surface area contributed by atoms with Crippen LogP contribution in [0.1, 0.15) is 39.0 Å². The first kappa shape index (κ1) is 12.2. The third-order valence-electron chi connectivity index (χ3n) is 5.42. The summed E-state index contributed by atoms with van der Waals surface area (Å²) in [5, 5.41) is 0. The number of ether oxygens (including phenoxy) is 1. The largest absolute Gasteiger partial charge is 0.379 e. The van der Waals surface area contributed by atoms with Crippen molar-refractivity contribution < 1.29 is 9.53 Å². The fourth-order valence-electron chi connectivity index (χ4n) is 4.53. The van der Waals surface area contributed by atoms with Gasteiger partial charge in [0, 0.05) is 12.0 Å². The fourth-order valence-corrected chi connectivity index (χ4v) is 4.53. The highest BCUT2D eigenvalue weighted by Gasteiger charge is 2.63. The molecule has 1 spiro atoms. The maximum absolute atomic E-state index is 12.2. The Morgan fingerprint density at radius 1 is 1.50 bits per heavy atom. The van der Waals surface area contributed by atoms with Crippen LogP contribution in [0.15, 0.2) is 12.7 Å². The smallest absolute Gasteiger partial charge is 0.246 e. The van der Waals surface area contributed by atoms with Crippen LogP contribution in [-0.4, -0.2) is 36.1 Å². The molecule has 0 aromatic heterocycles. The van der Waals surface area contributed by atoms with Crippen molar-refractivity contribution in [2.24, 2.45) is 11.3 Å². The molecule has 0 aromatic carbocycles. The van der Waals surface area contributed by atoms with Gasteiger partial charge in [-0.15, -0.1) is 0 Å². The Bertz CT molecular complexity index is 362. The average molecular weight is 249 g/mol. The van der Waals surface area contributed by atoms with E-state index < -0.39 is 0 Å². The lowest BCUT2D eigenvalue weighted by Crippen LogP contribution is -2.48. The van der Waals surface area contributed by atoms with E-state index in [1.807, 2.05) is 0 Å². The van der Waals surface area contributed by atoms with Crippen LogP contribution in [-0.2, 0) is 9.53 Å². The molecule has 3 heteroatoms. The first-order chi connectivity index (χ1) is 8.74. The Morgan fingerprint density at radius 2 is 2.28 bits per heavy atom. The minimum Gasteiger partial charge on any atom is -0.379 e. The van der Waals surface area contributed by atoms with Gasteiger partial charge in [-0.25, -0.2) is 0 Å². The predicted octanol–water partition coefficient (Wildman–Crippen LogP) is 2.37. The van der Waals surface area contributed by atoms with Crippen molar-refractivity contribution in [3.05, 3.63) is 12.7 Å². The summed E-state index contributed by atoms with van der Waals surface area (Å²) >= 11 is 0. The average Bonchev–Trinajstić information content (AvgIpc) is 2.85. The fraction of sp³-hybridized carbons (Fsp3) is 0.800. The summed E-state index contributed by atoms with van der Waals surface area (Å²) in [6.07, 6.45) is 7.64. The highest BCUT2D eigenvalue weighted by molar-refractivity contribution is 5.88. The van der Waals surface area contributed by atoms with Gasteiger partial charge >= 0.3 is 0 Å². The Balaban J connectivity index is 1.95. The summed E-state index contributed by atoms with van der Waals surface area (Å²) in [6, 6.07) is 0.744. The molecule has 0 bridgehead atoms. The highest BCUT2D eigenvalue weighted by atomic mass is 16.5. The molecule has 3 aliphatic rings. The van der Waals surface area contributed by atoms with Gasteiger partial charge in [-0.1, -0.05) is 26.3 Å². The van der Waals surface area contributed by atoms with Crippen molar-refractivity contribution in [2.75, 3.05) is 13.2 Å². The summed E-state index contributed by atoms with van der Waals surface area (Å²) in [5.74, 6) is 0.685. The lowest BCUT2D eigenvalue weighted by molar-refractivity contribution is -0.131. The van der Waals surface area contributed by atoms with Gasteiger partial charge in [0.25, 0.3) is 0 Å². The van der Waals surface area contributed by atoms with E-state index in [0.717, 1.165) is 26.1 Å². The van der Waals surface area contributed by atoms with Gasteiger partial charge < -0.3 is 9.64 Å². The topological polar surface area (TPSA) is 29.5 Å². The van der Waals surface area contributed by atoms with E-state index in [1.165, 1.54) is 25.3 Å². The molecule has 2 heterocycles. The molecule has 3 fully saturated rings. The number of carbonyl (C=O) groups is 1. The van der Waals surface area contributed by atoms with Crippen molar-refractivity contribution >= 4 is 5.91 Å². The molecule has 3 atom stereocenters. The number of rotatable bonds is 3. The van der Waals surface area contributed by atoms with Crippen LogP contribution >= 0.6 is 0 Å². The van der Waals surface area contributed by atoms with Gasteiger partial charge in [0.15, 0.2) is 0 Å². The molecule has 18 heavy (non-hydrogen) atoms. The van der Waals surface area contributed by atoms with Crippen molar-refractivity contribution in [1.82, 2.24) is 4.90 Å². The van der Waals surface area contributed by atoms with Gasteiger partial charge in [-0.05, 0) is 30.8 Å². The Morgan fingerprint density at radius 3 is 2.83 bits per heavy atom. The molecule has 100 valence electrons. The third-order valence-corrected chi connectivity index (χ3v) is 5.42. The summed E-state index contributed by atoms with van der Waals surface area (Å²) in [6.45, 7) is 7.47. The quantitative estimate of drug-likeness (QED) is 0.719. The maximum Gasteiger partial charge on any atom is 0.246 e. The number of carbonyl (C=O) groups excluding carboxylic acids is 1. The van der Waals surface area contributed by atoms with Crippen molar-refractivity contribution in [1.29, 1.82) is 0 Å². The van der Waals surface area contributed by atoms with E-state index in [0.29, 0.717) is 23.4 Å². The summed E-state index contributed by atoms with van der Waals surface area (Å²) in [7, 11) is 0. The molecule has 1 aliphatic carbocycles. The summed E-state index contributed by atoms with van der Waals surface area (Å²) in [4.78, 5) is 14.3. The number of hydrogen-bond acceptors (Lipinski definition) is 2. The predicted molar refractivity (Wildman–Crippen MR) is 70.1 cm³/mol. The molecule has 2 saturated heterocycles. The SMILES string of the molecule is C=CC(=O)N1C2COCC2C2(CCC2)C1CCC. The van der Waals surface area contributed by atoms with E-state index >= 15 is 0 Å². The van der Waals surface area contributed by atoms with Gasteiger partial charge in [0.2, 0.25) is 5.91 Å². The Kier molecular flexibility index (Phi) is 2.97. The zero-order valence-electron chi connectivity index (χ0n) is 11.2. The van der Waals surface area contributed by atoms with Gasteiger partial charge in [-0.3, -0.25) is 4.79 Å². The maximum atomic E-state index is 12.2. The zero-order valence-corrected chi connectivity index (χ0v) is 11.2. The van der Waals surface area contributed by atoms with Crippen molar-refractivity contribution in [3.63, 3.8) is 0 Å². The van der Waals surface area contributed by atoms with Crippen LogP contribution in [0, 0.1) is 11.3 Å². The second kappa shape index (κ2) is 4.37. The Hall–Kier alpha value is -0.830. The van der Waals surface area contributed by atoms with E-state index in [1.54, 1.807) is 0 Å². The molecule has 3 nitrogen and oxygen atoms in total. The second-order valence-corrected chi connectivity index (χ2v) is 6.05. The number of hydrogen-bond donors (Lipinski definition) is 0. The molecule has 3 unspecified atom stereocenters. The summed E-state index contributed by atoms with van der Waals surface area (Å²) < 4.78 is 5.67. The molecular formula is C15H23NO2. The minimum atomic E-state index is 0.109. The highest BCUT2D eigenvalue weighted by Crippen LogP contribution is 2.60. The van der Waals surface area contributed by atoms with Crippen LogP contribution in [0.2, 0.25) is 0 Å². The number of amides is 1. The van der Waals surface area contributed by atoms with Crippen molar-refractivity contribution in [2.45, 2.75) is 51.1 Å². The molecule has 3 rings (SSSR count). The first-order valence-electron chi connectivity index (χ1n) is 7.27.